The summed E-state index contributed by atoms with van der Waals surface area (Å²) in [5.74, 6) is 0.195. The summed E-state index contributed by atoms with van der Waals surface area (Å²) >= 11 is 1.41. The summed E-state index contributed by atoms with van der Waals surface area (Å²) < 4.78 is 31.2. The molecule has 1 aliphatic heterocycles. The average Bonchev–Trinajstić information content (AvgIpc) is 2.96. The van der Waals surface area contributed by atoms with E-state index in [1.807, 2.05) is 30.3 Å². The van der Waals surface area contributed by atoms with E-state index in [-0.39, 0.29) is 12.0 Å². The predicted molar refractivity (Wildman–Crippen MR) is 88.6 cm³/mol. The molecule has 0 saturated carbocycles. The van der Waals surface area contributed by atoms with Gasteiger partial charge in [-0.3, -0.25) is 4.79 Å². The van der Waals surface area contributed by atoms with Gasteiger partial charge in [0.15, 0.2) is 0 Å². The Balaban J connectivity index is 2.14. The van der Waals surface area contributed by atoms with Crippen LogP contribution in [0.4, 0.5) is 0 Å². The molecule has 7 heteroatoms. The van der Waals surface area contributed by atoms with Crippen LogP contribution in [0.5, 0.6) is 0 Å². The van der Waals surface area contributed by atoms with Crippen molar-refractivity contribution in [3.8, 4) is 0 Å². The molecule has 0 bridgehead atoms. The summed E-state index contributed by atoms with van der Waals surface area (Å²) in [6.45, 7) is 3.49. The Hall–Kier alpha value is -1.31. The number of carbonyl (C=O) groups excluding carboxylic acids is 1. The van der Waals surface area contributed by atoms with Gasteiger partial charge < -0.3 is 4.74 Å². The van der Waals surface area contributed by atoms with Crippen LogP contribution in [0.2, 0.25) is 0 Å². The second kappa shape index (κ2) is 7.30. The summed E-state index contributed by atoms with van der Waals surface area (Å²) in [6.07, 6.45) is 1.27. The number of sulfonamides is 1. The van der Waals surface area contributed by atoms with E-state index < -0.39 is 22.0 Å². The number of ether oxygens (including phenoxy) is 1. The molecule has 1 unspecified atom stereocenters. The third kappa shape index (κ3) is 4.34. The molecule has 120 valence electrons. The molecular weight excluding hydrogens is 322 g/mol. The highest BCUT2D eigenvalue weighted by Gasteiger charge is 2.39. The van der Waals surface area contributed by atoms with Crippen LogP contribution in [-0.4, -0.2) is 42.5 Å². The molecule has 1 aliphatic rings. The summed E-state index contributed by atoms with van der Waals surface area (Å²) in [5.41, 5.74) is 0.791. The van der Waals surface area contributed by atoms with Crippen LogP contribution < -0.4 is 0 Å². The van der Waals surface area contributed by atoms with Crippen molar-refractivity contribution in [3.63, 3.8) is 0 Å². The summed E-state index contributed by atoms with van der Waals surface area (Å²) in [4.78, 5) is 12.0. The molecule has 1 atom stereocenters. The number of nitrogens with zero attached hydrogens (tertiary/aromatic N) is 1. The zero-order valence-corrected chi connectivity index (χ0v) is 14.1. The monoisotopic (exact) mass is 341 g/mol. The first-order valence-corrected chi connectivity index (χ1v) is 9.59. The highest BCUT2D eigenvalue weighted by molar-refractivity contribution is 8.01. The normalized spacial score (nSPS) is 19.9. The molecule has 0 aromatic heterocycles. The lowest BCUT2D eigenvalue weighted by Crippen LogP contribution is -2.42. The van der Waals surface area contributed by atoms with Gasteiger partial charge in [0.2, 0.25) is 10.0 Å². The van der Waals surface area contributed by atoms with E-state index in [4.69, 9.17) is 4.74 Å². The Kier molecular flexibility index (Phi) is 5.66. The number of rotatable bonds is 5. The van der Waals surface area contributed by atoms with Crippen LogP contribution >= 0.6 is 11.8 Å². The Morgan fingerprint density at radius 1 is 1.36 bits per heavy atom. The van der Waals surface area contributed by atoms with Gasteiger partial charge in [-0.05, 0) is 25.5 Å². The molecule has 5 nitrogen and oxygen atoms in total. The van der Waals surface area contributed by atoms with E-state index >= 15 is 0 Å². The second-order valence-corrected chi connectivity index (χ2v) is 7.92. The Morgan fingerprint density at radius 3 is 2.68 bits per heavy atom. The zero-order chi connectivity index (χ0) is 16.2. The fourth-order valence-corrected chi connectivity index (χ4v) is 4.89. The third-order valence-corrected chi connectivity index (χ3v) is 5.72. The molecule has 0 N–H and O–H groups in total. The van der Waals surface area contributed by atoms with Crippen molar-refractivity contribution in [3.05, 3.63) is 41.3 Å². The number of esters is 1. The summed E-state index contributed by atoms with van der Waals surface area (Å²) in [5, 5.41) is 1.14. The summed E-state index contributed by atoms with van der Waals surface area (Å²) in [6, 6.07) is 8.41. The van der Waals surface area contributed by atoms with Gasteiger partial charge in [-0.25, -0.2) is 8.42 Å². The van der Waals surface area contributed by atoms with Crippen molar-refractivity contribution >= 4 is 33.8 Å². The average molecular weight is 341 g/mol. The van der Waals surface area contributed by atoms with Gasteiger partial charge in [0.1, 0.15) is 6.04 Å². The first-order chi connectivity index (χ1) is 10.4. The van der Waals surface area contributed by atoms with Crippen LogP contribution in [0.3, 0.4) is 0 Å². The minimum Gasteiger partial charge on any atom is -0.462 e. The number of carbonyl (C=O) groups is 1. The van der Waals surface area contributed by atoms with Crippen LogP contribution in [0, 0.1) is 0 Å². The van der Waals surface area contributed by atoms with Crippen molar-refractivity contribution in [2.45, 2.75) is 26.0 Å². The van der Waals surface area contributed by atoms with Gasteiger partial charge >= 0.3 is 5.97 Å². The molecule has 1 fully saturated rings. The lowest BCUT2D eigenvalue weighted by atomic mass is 10.2. The number of thioether (sulfide) groups is 1. The van der Waals surface area contributed by atoms with Crippen molar-refractivity contribution in [2.75, 3.05) is 11.6 Å². The van der Waals surface area contributed by atoms with Gasteiger partial charge in [-0.1, -0.05) is 30.3 Å². The molecule has 1 aromatic rings. The van der Waals surface area contributed by atoms with Crippen LogP contribution in [0.25, 0.3) is 6.08 Å². The molecule has 0 aliphatic carbocycles. The minimum absolute atomic E-state index is 0.262. The first-order valence-electron chi connectivity index (χ1n) is 6.93. The lowest BCUT2D eigenvalue weighted by Gasteiger charge is -2.21. The maximum Gasteiger partial charge on any atom is 0.325 e. The smallest absolute Gasteiger partial charge is 0.325 e. The Labute approximate surface area is 135 Å². The Bertz CT molecular complexity index is 641. The van der Waals surface area contributed by atoms with E-state index in [0.29, 0.717) is 5.75 Å². The number of hydrogen-bond acceptors (Lipinski definition) is 5. The van der Waals surface area contributed by atoms with Gasteiger partial charge in [-0.2, -0.15) is 4.31 Å². The predicted octanol–water partition coefficient (Wildman–Crippen LogP) is 2.31. The van der Waals surface area contributed by atoms with Crippen LogP contribution in [-0.2, 0) is 19.6 Å². The lowest BCUT2D eigenvalue weighted by molar-refractivity contribution is -0.150. The minimum atomic E-state index is -3.66. The largest absolute Gasteiger partial charge is 0.462 e. The zero-order valence-electron chi connectivity index (χ0n) is 12.5. The van der Waals surface area contributed by atoms with Gasteiger partial charge in [0, 0.05) is 11.2 Å². The maximum absolute atomic E-state index is 12.4. The molecular formula is C15H19NO4S2. The molecule has 22 heavy (non-hydrogen) atoms. The van der Waals surface area contributed by atoms with Gasteiger partial charge in [0.25, 0.3) is 0 Å². The number of benzene rings is 1. The topological polar surface area (TPSA) is 63.7 Å². The molecule has 1 heterocycles. The van der Waals surface area contributed by atoms with Gasteiger partial charge in [-0.15, -0.1) is 11.8 Å². The maximum atomic E-state index is 12.4. The second-order valence-electron chi connectivity index (χ2n) is 5.15. The molecule has 2 rings (SSSR count). The fourth-order valence-electron chi connectivity index (χ4n) is 1.98. The van der Waals surface area contributed by atoms with E-state index in [9.17, 15) is 13.2 Å². The SMILES string of the molecule is CC(C)OC(=O)C1CSCN1S(=O)(=O)/C=C/c1ccccc1. The van der Waals surface area contributed by atoms with Crippen molar-refractivity contribution in [1.29, 1.82) is 0 Å². The highest BCUT2D eigenvalue weighted by atomic mass is 32.2. The molecule has 0 amide bonds. The first kappa shape index (κ1) is 17.1. The molecule has 1 aromatic carbocycles. The third-order valence-electron chi connectivity index (χ3n) is 3.02. The van der Waals surface area contributed by atoms with E-state index in [2.05, 4.69) is 0 Å². The molecule has 0 radical (unpaired) electrons. The van der Waals surface area contributed by atoms with Crippen LogP contribution in [0.15, 0.2) is 35.7 Å². The van der Waals surface area contributed by atoms with E-state index in [1.54, 1.807) is 13.8 Å². The quantitative estimate of drug-likeness (QED) is 0.769. The highest BCUT2D eigenvalue weighted by Crippen LogP contribution is 2.26. The molecule has 1 saturated heterocycles. The summed E-state index contributed by atoms with van der Waals surface area (Å²) in [7, 11) is -3.66. The van der Waals surface area contributed by atoms with Crippen molar-refractivity contribution < 1.29 is 17.9 Å². The fraction of sp³-hybridized carbons (Fsp3) is 0.400. The molecule has 0 spiro atoms. The van der Waals surface area contributed by atoms with Crippen LogP contribution in [0.1, 0.15) is 19.4 Å². The van der Waals surface area contributed by atoms with E-state index in [1.165, 1.54) is 22.1 Å². The Morgan fingerprint density at radius 2 is 2.05 bits per heavy atom. The number of hydrogen-bond donors (Lipinski definition) is 0. The van der Waals surface area contributed by atoms with Gasteiger partial charge in [0.05, 0.1) is 12.0 Å². The van der Waals surface area contributed by atoms with Crippen molar-refractivity contribution in [2.24, 2.45) is 0 Å². The van der Waals surface area contributed by atoms with E-state index in [0.717, 1.165) is 11.0 Å². The van der Waals surface area contributed by atoms with Crippen molar-refractivity contribution in [1.82, 2.24) is 4.31 Å². The standard InChI is InChI=1S/C15H19NO4S2/c1-12(2)20-15(17)14-10-21-11-16(14)22(18,19)9-8-13-6-4-3-5-7-13/h3-9,12,14H,10-11H2,1-2H3/b9-8+.